The molecule has 3 N–H and O–H groups in total. The number of hydrogen-bond acceptors (Lipinski definition) is 4. The molecule has 2 amide bonds. The second-order valence-corrected chi connectivity index (χ2v) is 2.98. The SMILES string of the molecule is CCOC(=O)NNC(=O)C1CCCN1.Cl. The lowest BCUT2D eigenvalue weighted by Crippen LogP contribution is -2.49. The topological polar surface area (TPSA) is 79.5 Å². The van der Waals surface area contributed by atoms with Crippen LogP contribution in [0.1, 0.15) is 19.8 Å². The Hall–Kier alpha value is -1.01. The molecule has 1 aliphatic heterocycles. The largest absolute Gasteiger partial charge is 0.449 e. The van der Waals surface area contributed by atoms with Crippen LogP contribution in [0.25, 0.3) is 0 Å². The van der Waals surface area contributed by atoms with Crippen molar-refractivity contribution in [2.75, 3.05) is 13.2 Å². The number of ether oxygens (including phenoxy) is 1. The minimum Gasteiger partial charge on any atom is -0.449 e. The molecular formula is C8H16ClN3O3. The highest BCUT2D eigenvalue weighted by molar-refractivity contribution is 5.85. The monoisotopic (exact) mass is 237 g/mol. The standard InChI is InChI=1S/C8H15N3O3.ClH/c1-2-14-8(13)11-10-7(12)6-4-3-5-9-6;/h6,9H,2-5H2,1H3,(H,10,12)(H,11,13);1H. The lowest BCUT2D eigenvalue weighted by Gasteiger charge is -2.11. The van der Waals surface area contributed by atoms with Crippen molar-refractivity contribution in [1.82, 2.24) is 16.2 Å². The van der Waals surface area contributed by atoms with E-state index in [0.29, 0.717) is 0 Å². The first-order chi connectivity index (χ1) is 6.74. The maximum Gasteiger partial charge on any atom is 0.426 e. The summed E-state index contributed by atoms with van der Waals surface area (Å²) in [6.07, 6.45) is 1.15. The van der Waals surface area contributed by atoms with Crippen molar-refractivity contribution in [2.24, 2.45) is 0 Å². The van der Waals surface area contributed by atoms with Crippen LogP contribution in [0, 0.1) is 0 Å². The summed E-state index contributed by atoms with van der Waals surface area (Å²) < 4.78 is 4.57. The van der Waals surface area contributed by atoms with Crippen LogP contribution in [0.2, 0.25) is 0 Å². The molecule has 7 heteroatoms. The average molecular weight is 238 g/mol. The van der Waals surface area contributed by atoms with E-state index in [4.69, 9.17) is 0 Å². The Morgan fingerprint density at radius 2 is 2.20 bits per heavy atom. The zero-order valence-corrected chi connectivity index (χ0v) is 9.36. The van der Waals surface area contributed by atoms with Gasteiger partial charge in [0.15, 0.2) is 0 Å². The van der Waals surface area contributed by atoms with Gasteiger partial charge in [-0.15, -0.1) is 12.4 Å². The highest BCUT2D eigenvalue weighted by Gasteiger charge is 2.21. The molecule has 1 rings (SSSR count). The minimum absolute atomic E-state index is 0. The molecule has 0 saturated carbocycles. The number of rotatable bonds is 2. The summed E-state index contributed by atoms with van der Waals surface area (Å²) in [4.78, 5) is 22.1. The Labute approximate surface area is 94.5 Å². The first-order valence-electron chi connectivity index (χ1n) is 4.70. The molecule has 15 heavy (non-hydrogen) atoms. The lowest BCUT2D eigenvalue weighted by atomic mass is 10.2. The second-order valence-electron chi connectivity index (χ2n) is 2.98. The van der Waals surface area contributed by atoms with Gasteiger partial charge in [-0.3, -0.25) is 10.2 Å². The van der Waals surface area contributed by atoms with Gasteiger partial charge in [0, 0.05) is 0 Å². The van der Waals surface area contributed by atoms with E-state index in [9.17, 15) is 9.59 Å². The van der Waals surface area contributed by atoms with E-state index in [1.165, 1.54) is 0 Å². The predicted octanol–water partition coefficient (Wildman–Crippen LogP) is -0.0625. The molecule has 0 aromatic carbocycles. The summed E-state index contributed by atoms with van der Waals surface area (Å²) in [5, 5.41) is 3.01. The van der Waals surface area contributed by atoms with Crippen molar-refractivity contribution >= 4 is 24.4 Å². The highest BCUT2D eigenvalue weighted by atomic mass is 35.5. The molecule has 1 saturated heterocycles. The van der Waals surface area contributed by atoms with Crippen LogP contribution in [0.4, 0.5) is 4.79 Å². The van der Waals surface area contributed by atoms with E-state index < -0.39 is 6.09 Å². The quantitative estimate of drug-likeness (QED) is 0.588. The smallest absolute Gasteiger partial charge is 0.426 e. The van der Waals surface area contributed by atoms with E-state index >= 15 is 0 Å². The fourth-order valence-corrected chi connectivity index (χ4v) is 1.28. The van der Waals surface area contributed by atoms with Gasteiger partial charge < -0.3 is 10.1 Å². The maximum atomic E-state index is 11.3. The molecule has 0 aromatic heterocycles. The van der Waals surface area contributed by atoms with Crippen LogP contribution in [0.3, 0.4) is 0 Å². The third-order valence-electron chi connectivity index (χ3n) is 1.94. The van der Waals surface area contributed by atoms with Gasteiger partial charge in [-0.05, 0) is 26.3 Å². The Kier molecular flexibility index (Phi) is 6.81. The number of halogens is 1. The van der Waals surface area contributed by atoms with Gasteiger partial charge >= 0.3 is 6.09 Å². The fraction of sp³-hybridized carbons (Fsp3) is 0.750. The Bertz CT molecular complexity index is 219. The van der Waals surface area contributed by atoms with Crippen LogP contribution < -0.4 is 16.2 Å². The zero-order valence-electron chi connectivity index (χ0n) is 8.54. The van der Waals surface area contributed by atoms with Crippen LogP contribution >= 0.6 is 12.4 Å². The minimum atomic E-state index is -0.640. The molecule has 1 unspecified atom stereocenters. The van der Waals surface area contributed by atoms with E-state index in [0.717, 1.165) is 19.4 Å². The molecule has 1 fully saturated rings. The van der Waals surface area contributed by atoms with Crippen LogP contribution in [0.15, 0.2) is 0 Å². The third-order valence-corrected chi connectivity index (χ3v) is 1.94. The average Bonchev–Trinajstić information content (AvgIpc) is 2.67. The predicted molar refractivity (Wildman–Crippen MR) is 56.6 cm³/mol. The molecule has 6 nitrogen and oxygen atoms in total. The number of nitrogens with one attached hydrogen (secondary N) is 3. The summed E-state index contributed by atoms with van der Waals surface area (Å²) in [7, 11) is 0. The molecule has 1 atom stereocenters. The molecule has 0 spiro atoms. The normalized spacial score (nSPS) is 18.9. The molecule has 0 aliphatic carbocycles. The molecule has 0 bridgehead atoms. The Morgan fingerprint density at radius 1 is 1.47 bits per heavy atom. The van der Waals surface area contributed by atoms with Gasteiger partial charge in [0.25, 0.3) is 5.91 Å². The third kappa shape index (κ3) is 4.85. The number of hydrogen-bond donors (Lipinski definition) is 3. The van der Waals surface area contributed by atoms with Crippen LogP contribution in [0.5, 0.6) is 0 Å². The molecular weight excluding hydrogens is 222 g/mol. The van der Waals surface area contributed by atoms with E-state index in [-0.39, 0.29) is 31.0 Å². The second kappa shape index (κ2) is 7.30. The van der Waals surface area contributed by atoms with Crippen molar-refractivity contribution in [3.8, 4) is 0 Å². The van der Waals surface area contributed by atoms with Crippen molar-refractivity contribution in [3.63, 3.8) is 0 Å². The number of carbonyl (C=O) groups excluding carboxylic acids is 2. The first-order valence-corrected chi connectivity index (χ1v) is 4.70. The van der Waals surface area contributed by atoms with Crippen LogP contribution in [-0.4, -0.2) is 31.2 Å². The summed E-state index contributed by atoms with van der Waals surface area (Å²) in [6, 6.07) is -0.197. The molecule has 88 valence electrons. The summed E-state index contributed by atoms with van der Waals surface area (Å²) >= 11 is 0. The highest BCUT2D eigenvalue weighted by Crippen LogP contribution is 2.03. The molecule has 0 aromatic rings. The van der Waals surface area contributed by atoms with E-state index in [2.05, 4.69) is 20.9 Å². The molecule has 1 heterocycles. The van der Waals surface area contributed by atoms with Crippen molar-refractivity contribution < 1.29 is 14.3 Å². The fourth-order valence-electron chi connectivity index (χ4n) is 1.28. The van der Waals surface area contributed by atoms with Gasteiger partial charge in [0.2, 0.25) is 0 Å². The van der Waals surface area contributed by atoms with Gasteiger partial charge in [-0.1, -0.05) is 0 Å². The van der Waals surface area contributed by atoms with Crippen molar-refractivity contribution in [1.29, 1.82) is 0 Å². The van der Waals surface area contributed by atoms with Gasteiger partial charge in [-0.2, -0.15) is 0 Å². The number of carbonyl (C=O) groups is 2. The van der Waals surface area contributed by atoms with Crippen molar-refractivity contribution in [3.05, 3.63) is 0 Å². The van der Waals surface area contributed by atoms with E-state index in [1.54, 1.807) is 6.92 Å². The zero-order chi connectivity index (χ0) is 10.4. The van der Waals surface area contributed by atoms with Gasteiger partial charge in [-0.25, -0.2) is 10.2 Å². The molecule has 0 radical (unpaired) electrons. The van der Waals surface area contributed by atoms with Gasteiger partial charge in [0.1, 0.15) is 0 Å². The summed E-state index contributed by atoms with van der Waals surface area (Å²) in [5.74, 6) is -0.226. The van der Waals surface area contributed by atoms with Crippen LogP contribution in [-0.2, 0) is 9.53 Å². The maximum absolute atomic E-state index is 11.3. The Morgan fingerprint density at radius 3 is 2.73 bits per heavy atom. The molecule has 1 aliphatic rings. The number of hydrazine groups is 1. The van der Waals surface area contributed by atoms with Crippen molar-refractivity contribution in [2.45, 2.75) is 25.8 Å². The summed E-state index contributed by atoms with van der Waals surface area (Å²) in [5.41, 5.74) is 4.44. The Balaban J connectivity index is 0.00000196. The van der Waals surface area contributed by atoms with E-state index in [1.807, 2.05) is 0 Å². The first kappa shape index (κ1) is 14.0. The number of amides is 2. The summed E-state index contributed by atoms with van der Waals surface area (Å²) in [6.45, 7) is 2.82. The lowest BCUT2D eigenvalue weighted by molar-refractivity contribution is -0.123. The van der Waals surface area contributed by atoms with Gasteiger partial charge in [0.05, 0.1) is 12.6 Å².